The Hall–Kier alpha value is -0.515. The highest BCUT2D eigenvalue weighted by molar-refractivity contribution is 6.51. The van der Waals surface area contributed by atoms with Gasteiger partial charge in [-0.05, 0) is 46.5 Å². The Morgan fingerprint density at radius 2 is 1.78 bits per heavy atom. The molecular formula is C13H23BO4. The number of ether oxygens (including phenoxy) is 2. The van der Waals surface area contributed by atoms with Gasteiger partial charge < -0.3 is 18.8 Å². The third-order valence-corrected chi connectivity index (χ3v) is 3.88. The molecule has 2 fully saturated rings. The summed E-state index contributed by atoms with van der Waals surface area (Å²) in [7, 11) is -0.349. The first-order valence-electron chi connectivity index (χ1n) is 6.70. The molecule has 1 atom stereocenters. The minimum absolute atomic E-state index is 0.113. The van der Waals surface area contributed by atoms with E-state index in [4.69, 9.17) is 18.8 Å². The van der Waals surface area contributed by atoms with Crippen molar-refractivity contribution < 1.29 is 18.8 Å². The lowest BCUT2D eigenvalue weighted by atomic mass is 9.90. The van der Waals surface area contributed by atoms with Gasteiger partial charge in [0.1, 0.15) is 0 Å². The molecule has 0 spiro atoms. The quantitative estimate of drug-likeness (QED) is 0.573. The van der Waals surface area contributed by atoms with Crippen LogP contribution in [0, 0.1) is 0 Å². The van der Waals surface area contributed by atoms with E-state index >= 15 is 0 Å². The maximum atomic E-state index is 5.82. The molecule has 0 N–H and O–H groups in total. The van der Waals surface area contributed by atoms with E-state index < -0.39 is 0 Å². The molecule has 0 radical (unpaired) electrons. The summed E-state index contributed by atoms with van der Waals surface area (Å²) >= 11 is 0. The smallest absolute Gasteiger partial charge is 0.474 e. The van der Waals surface area contributed by atoms with Crippen molar-refractivity contribution in [2.75, 3.05) is 6.61 Å². The monoisotopic (exact) mass is 254 g/mol. The zero-order valence-corrected chi connectivity index (χ0v) is 11.8. The van der Waals surface area contributed by atoms with E-state index in [9.17, 15) is 0 Å². The van der Waals surface area contributed by atoms with Gasteiger partial charge in [0.2, 0.25) is 0 Å². The highest BCUT2D eigenvalue weighted by Gasteiger charge is 2.50. The summed E-state index contributed by atoms with van der Waals surface area (Å²) in [6.07, 6.45) is 4.76. The van der Waals surface area contributed by atoms with Gasteiger partial charge in [-0.1, -0.05) is 0 Å². The first kappa shape index (κ1) is 13.9. The fraction of sp³-hybridized carbons (Fsp3) is 0.846. The van der Waals surface area contributed by atoms with Crippen molar-refractivity contribution >= 4 is 7.12 Å². The first-order valence-corrected chi connectivity index (χ1v) is 6.70. The molecule has 2 heterocycles. The lowest BCUT2D eigenvalue weighted by Gasteiger charge is -2.32. The molecule has 0 aromatic rings. The van der Waals surface area contributed by atoms with Gasteiger partial charge in [-0.3, -0.25) is 0 Å². The SMILES string of the molecule is CC1(C)OB(/C=C/OC2CCCCO2)OC1(C)C. The van der Waals surface area contributed by atoms with Crippen LogP contribution in [-0.2, 0) is 18.8 Å². The topological polar surface area (TPSA) is 36.9 Å². The van der Waals surface area contributed by atoms with E-state index in [0.29, 0.717) is 0 Å². The van der Waals surface area contributed by atoms with E-state index in [0.717, 1.165) is 25.9 Å². The first-order chi connectivity index (χ1) is 8.41. The van der Waals surface area contributed by atoms with Gasteiger partial charge in [-0.25, -0.2) is 0 Å². The van der Waals surface area contributed by atoms with Crippen LogP contribution in [0.2, 0.25) is 0 Å². The lowest BCUT2D eigenvalue weighted by molar-refractivity contribution is -0.129. The van der Waals surface area contributed by atoms with Crippen molar-refractivity contribution in [1.29, 1.82) is 0 Å². The fourth-order valence-corrected chi connectivity index (χ4v) is 1.98. The Morgan fingerprint density at radius 3 is 2.33 bits per heavy atom. The van der Waals surface area contributed by atoms with E-state index in [1.807, 2.05) is 27.7 Å². The van der Waals surface area contributed by atoms with Crippen LogP contribution >= 0.6 is 0 Å². The summed E-state index contributed by atoms with van der Waals surface area (Å²) < 4.78 is 22.6. The molecular weight excluding hydrogens is 231 g/mol. The van der Waals surface area contributed by atoms with Crippen LogP contribution < -0.4 is 0 Å². The highest BCUT2D eigenvalue weighted by Crippen LogP contribution is 2.36. The summed E-state index contributed by atoms with van der Waals surface area (Å²) in [4.78, 5) is 0. The average Bonchev–Trinajstić information content (AvgIpc) is 2.49. The van der Waals surface area contributed by atoms with Crippen molar-refractivity contribution in [2.45, 2.75) is 64.4 Å². The van der Waals surface area contributed by atoms with Gasteiger partial charge in [0.05, 0.1) is 24.1 Å². The van der Waals surface area contributed by atoms with Crippen LogP contribution in [-0.4, -0.2) is 31.2 Å². The number of rotatable bonds is 3. The molecule has 0 amide bonds. The van der Waals surface area contributed by atoms with Crippen LogP contribution in [0.3, 0.4) is 0 Å². The average molecular weight is 254 g/mol. The van der Waals surface area contributed by atoms with Gasteiger partial charge in [0.25, 0.3) is 0 Å². The molecule has 1 unspecified atom stereocenters. The molecule has 18 heavy (non-hydrogen) atoms. The summed E-state index contributed by atoms with van der Waals surface area (Å²) in [5.41, 5.74) is -0.604. The van der Waals surface area contributed by atoms with Crippen molar-refractivity contribution in [1.82, 2.24) is 0 Å². The van der Waals surface area contributed by atoms with Gasteiger partial charge in [0.15, 0.2) is 6.29 Å². The summed E-state index contributed by atoms with van der Waals surface area (Å²) in [5, 5.41) is 0. The Balaban J connectivity index is 1.80. The Morgan fingerprint density at radius 1 is 1.11 bits per heavy atom. The third-order valence-electron chi connectivity index (χ3n) is 3.88. The predicted molar refractivity (Wildman–Crippen MR) is 69.9 cm³/mol. The number of hydrogen-bond acceptors (Lipinski definition) is 4. The third kappa shape index (κ3) is 3.08. The zero-order valence-electron chi connectivity index (χ0n) is 11.8. The molecule has 2 aliphatic rings. The molecule has 0 aliphatic carbocycles. The maximum absolute atomic E-state index is 5.82. The zero-order chi connectivity index (χ0) is 13.2. The second-order valence-corrected chi connectivity index (χ2v) is 5.89. The summed E-state index contributed by atoms with van der Waals surface area (Å²) in [6.45, 7) is 8.92. The molecule has 2 aliphatic heterocycles. The summed E-state index contributed by atoms with van der Waals surface area (Å²) in [5.74, 6) is 1.80. The predicted octanol–water partition coefficient (Wildman–Crippen LogP) is 2.67. The van der Waals surface area contributed by atoms with Gasteiger partial charge in [-0.2, -0.15) is 0 Å². The molecule has 102 valence electrons. The standard InChI is InChI=1S/C13H23BO4/c1-12(2)13(3,4)18-14(17-12)8-10-16-11-7-5-6-9-15-11/h8,10-11H,5-7,9H2,1-4H3/b10-8+. The normalized spacial score (nSPS) is 30.9. The number of hydrogen-bond donors (Lipinski definition) is 0. The van der Waals surface area contributed by atoms with E-state index in [1.165, 1.54) is 0 Å². The minimum atomic E-state index is -0.349. The van der Waals surface area contributed by atoms with E-state index in [1.54, 1.807) is 12.2 Å². The van der Waals surface area contributed by atoms with Crippen molar-refractivity contribution in [2.24, 2.45) is 0 Å². The molecule has 4 nitrogen and oxygen atoms in total. The second kappa shape index (κ2) is 5.23. The molecule has 0 saturated carbocycles. The van der Waals surface area contributed by atoms with E-state index in [2.05, 4.69) is 0 Å². The summed E-state index contributed by atoms with van der Waals surface area (Å²) in [6, 6.07) is 0. The van der Waals surface area contributed by atoms with Crippen molar-refractivity contribution in [3.8, 4) is 0 Å². The lowest BCUT2D eigenvalue weighted by Crippen LogP contribution is -2.41. The van der Waals surface area contributed by atoms with Crippen LogP contribution in [0.25, 0.3) is 0 Å². The molecule has 5 heteroatoms. The Bertz CT molecular complexity index is 292. The minimum Gasteiger partial charge on any atom is -0.474 e. The second-order valence-electron chi connectivity index (χ2n) is 5.89. The molecule has 0 aromatic carbocycles. The maximum Gasteiger partial charge on any atom is 0.490 e. The Labute approximate surface area is 110 Å². The van der Waals surface area contributed by atoms with E-state index in [-0.39, 0.29) is 24.6 Å². The van der Waals surface area contributed by atoms with Gasteiger partial charge in [0, 0.05) is 6.42 Å². The fourth-order valence-electron chi connectivity index (χ4n) is 1.98. The van der Waals surface area contributed by atoms with Crippen molar-refractivity contribution in [3.05, 3.63) is 12.2 Å². The largest absolute Gasteiger partial charge is 0.490 e. The Kier molecular flexibility index (Phi) is 4.04. The van der Waals surface area contributed by atoms with Crippen molar-refractivity contribution in [3.63, 3.8) is 0 Å². The van der Waals surface area contributed by atoms with Gasteiger partial charge >= 0.3 is 7.12 Å². The molecule has 2 saturated heterocycles. The highest BCUT2D eigenvalue weighted by atomic mass is 16.7. The van der Waals surface area contributed by atoms with Crippen LogP contribution in [0.1, 0.15) is 47.0 Å². The van der Waals surface area contributed by atoms with Crippen LogP contribution in [0.4, 0.5) is 0 Å². The van der Waals surface area contributed by atoms with Gasteiger partial charge in [-0.15, -0.1) is 0 Å². The van der Waals surface area contributed by atoms with Crippen LogP contribution in [0.5, 0.6) is 0 Å². The molecule has 0 bridgehead atoms. The molecule has 0 aromatic heterocycles. The molecule has 2 rings (SSSR count). The van der Waals surface area contributed by atoms with Crippen LogP contribution in [0.15, 0.2) is 12.2 Å².